The van der Waals surface area contributed by atoms with Crippen LogP contribution in [0.1, 0.15) is 193 Å². The third-order valence-corrected chi connectivity index (χ3v) is 35.4. The molecule has 0 amide bonds. The third kappa shape index (κ3) is 40.2. The minimum absolute atomic E-state index is 0.0146. The van der Waals surface area contributed by atoms with Crippen molar-refractivity contribution in [3.05, 3.63) is 340 Å². The zero-order valence-electron chi connectivity index (χ0n) is 78.8. The van der Waals surface area contributed by atoms with Gasteiger partial charge in [0.05, 0.1) is 72.5 Å². The molecule has 0 unspecified atom stereocenters. The van der Waals surface area contributed by atoms with Crippen molar-refractivity contribution in [1.29, 1.82) is 0 Å². The van der Waals surface area contributed by atoms with Crippen molar-refractivity contribution in [2.24, 2.45) is 4.40 Å². The Labute approximate surface area is 802 Å². The van der Waals surface area contributed by atoms with Crippen molar-refractivity contribution in [1.82, 2.24) is 4.90 Å². The number of anilines is 2. The second-order valence-electron chi connectivity index (χ2n) is 33.5. The molecule has 0 saturated heterocycles. The van der Waals surface area contributed by atoms with Crippen LogP contribution in [0.25, 0.3) is 19.0 Å². The number of hydrogen-bond acceptors (Lipinski definition) is 16. The lowest BCUT2D eigenvalue weighted by Gasteiger charge is -2.22. The Kier molecular flexibility index (Phi) is 47.9. The molecule has 12 rings (SSSR count). The molecule has 12 aromatic rings. The molecule has 0 saturated carbocycles. The van der Waals surface area contributed by atoms with Gasteiger partial charge in [-0.1, -0.05) is 296 Å². The van der Waals surface area contributed by atoms with Crippen molar-refractivity contribution >= 4 is 117 Å². The Hall–Kier alpha value is -9.97. The minimum Gasteiger partial charge on any atom is -0.861 e. The fourth-order valence-corrected chi connectivity index (χ4v) is 26.9. The quantitative estimate of drug-likeness (QED) is 0.0120. The Morgan fingerprint density at radius 1 is 0.398 bits per heavy atom. The fraction of sp³-hybridized carbons (Fsp3) is 0.321. The van der Waals surface area contributed by atoms with E-state index in [0.29, 0.717) is 54.0 Å². The molecular weight excluding hydrogens is 1820 g/mol. The highest BCUT2D eigenvalue weighted by Crippen LogP contribution is 2.38. The molecule has 0 aliphatic carbocycles. The van der Waals surface area contributed by atoms with Gasteiger partial charge in [-0.2, -0.15) is 22.4 Å². The van der Waals surface area contributed by atoms with Crippen molar-refractivity contribution in [3.8, 4) is 0 Å². The van der Waals surface area contributed by atoms with E-state index in [2.05, 4.69) is 331 Å². The van der Waals surface area contributed by atoms with Crippen LogP contribution in [0.15, 0.2) is 368 Å². The number of nitrogen functional groups attached to an aromatic ring is 2. The predicted molar refractivity (Wildman–Crippen MR) is 550 cm³/mol. The van der Waals surface area contributed by atoms with E-state index in [-0.39, 0.29) is 77.0 Å². The van der Waals surface area contributed by atoms with Gasteiger partial charge < -0.3 is 29.7 Å². The van der Waals surface area contributed by atoms with Gasteiger partial charge in [0.25, 0.3) is 10.0 Å². The maximum Gasteiger partial charge on any atom is 0.373 e. The lowest BCUT2D eigenvalue weighted by molar-refractivity contribution is -0.215. The van der Waals surface area contributed by atoms with Gasteiger partial charge in [-0.15, -0.1) is 0 Å². The van der Waals surface area contributed by atoms with Crippen LogP contribution in [0.2, 0.25) is 0 Å². The molecule has 133 heavy (non-hydrogen) atoms. The minimum atomic E-state index is -4.36. The van der Waals surface area contributed by atoms with E-state index in [0.717, 1.165) is 77.7 Å². The number of hydrogen-bond donors (Lipinski definition) is 2. The lowest BCUT2D eigenvalue weighted by Crippen LogP contribution is -2.16. The van der Waals surface area contributed by atoms with Crippen molar-refractivity contribution < 1.29 is 56.8 Å². The molecule has 712 valence electrons. The highest BCUT2D eigenvalue weighted by atomic mass is 32.3. The van der Waals surface area contributed by atoms with Gasteiger partial charge in [-0.25, -0.2) is 33.7 Å². The summed E-state index contributed by atoms with van der Waals surface area (Å²) in [6, 6.07) is 105. The second kappa shape index (κ2) is 57.0. The van der Waals surface area contributed by atoms with Crippen LogP contribution < -0.4 is 16.6 Å². The molecule has 0 fully saturated rings. The van der Waals surface area contributed by atoms with Crippen LogP contribution in [0.4, 0.5) is 11.4 Å². The average molecular weight is 1950 g/mol. The van der Waals surface area contributed by atoms with Crippen molar-refractivity contribution in [3.63, 3.8) is 0 Å². The molecule has 0 aliphatic rings. The summed E-state index contributed by atoms with van der Waals surface area (Å²) in [6.07, 6.45) is 12.4. The first kappa shape index (κ1) is 112. The van der Waals surface area contributed by atoms with Gasteiger partial charge in [0, 0.05) is 34.0 Å². The molecule has 4 N–H and O–H groups in total. The summed E-state index contributed by atoms with van der Waals surface area (Å²) in [5, 5.41) is 11.4. The molecule has 0 radical (unpaired) electrons. The summed E-state index contributed by atoms with van der Waals surface area (Å²) < 4.78 is 128. The highest BCUT2D eigenvalue weighted by molar-refractivity contribution is 8.12. The van der Waals surface area contributed by atoms with Crippen LogP contribution in [-0.2, 0) is 97.8 Å². The number of fused-ring (bicyclic) bond motifs is 1. The maximum absolute atomic E-state index is 12.6. The van der Waals surface area contributed by atoms with Crippen LogP contribution >= 0.6 is 0 Å². The number of unbranched alkanes of at least 4 members (excludes halogenated alkanes) is 11. The summed E-state index contributed by atoms with van der Waals surface area (Å²) in [4.78, 5) is 30.3. The van der Waals surface area contributed by atoms with E-state index in [1.54, 1.807) is 30.3 Å². The molecule has 19 nitrogen and oxygen atoms in total. The Morgan fingerprint density at radius 2 is 0.707 bits per heavy atom. The second-order valence-corrected chi connectivity index (χ2v) is 48.5. The van der Waals surface area contributed by atoms with E-state index in [4.69, 9.17) is 21.1 Å². The first-order valence-corrected chi connectivity index (χ1v) is 56.1. The Bertz CT molecular complexity index is 5890. The maximum atomic E-state index is 12.6. The molecule has 0 heterocycles. The van der Waals surface area contributed by atoms with E-state index in [1.807, 2.05) is 19.0 Å². The number of nitrogens with two attached hydrogens (primary N) is 2. The average Bonchev–Trinajstić information content (AvgIpc) is 0.779. The molecular formula is C106H132N6O13S8. The molecule has 0 aromatic heterocycles. The van der Waals surface area contributed by atoms with E-state index < -0.39 is 56.0 Å². The number of sulfonamides is 5. The topological polar surface area (TPSA) is 324 Å². The number of aryl methyl sites for hydroxylation is 1. The van der Waals surface area contributed by atoms with Gasteiger partial charge >= 0.3 is 6.15 Å². The monoisotopic (exact) mass is 1950 g/mol. The zero-order valence-corrected chi connectivity index (χ0v) is 85.4. The number of rotatable bonds is 37. The summed E-state index contributed by atoms with van der Waals surface area (Å²) >= 11 is 0. The van der Waals surface area contributed by atoms with Gasteiger partial charge in [-0.05, 0) is 251 Å². The van der Waals surface area contributed by atoms with Crippen LogP contribution in [0.3, 0.4) is 0 Å². The molecule has 12 aromatic carbocycles. The van der Waals surface area contributed by atoms with E-state index >= 15 is 0 Å². The van der Waals surface area contributed by atoms with Gasteiger partial charge in [0.1, 0.15) is 10.0 Å². The molecule has 0 aliphatic heterocycles. The summed E-state index contributed by atoms with van der Waals surface area (Å²) in [7, 11) is -16.3. The summed E-state index contributed by atoms with van der Waals surface area (Å²) in [6.45, 7) is 24.1. The molecule has 0 spiro atoms. The number of nitrogens with zero attached hydrogens (tertiary/aromatic N) is 4. The van der Waals surface area contributed by atoms with Gasteiger partial charge in [0.15, 0.2) is 44.1 Å². The molecule has 27 heteroatoms. The molecule has 0 bridgehead atoms. The zero-order chi connectivity index (χ0) is 97.6. The molecule has 0 atom stereocenters. The van der Waals surface area contributed by atoms with Crippen LogP contribution in [-0.4, -0.2) is 96.9 Å². The van der Waals surface area contributed by atoms with E-state index in [9.17, 15) is 47.2 Å². The summed E-state index contributed by atoms with van der Waals surface area (Å²) in [5.74, 6) is -0.267. The highest BCUT2D eigenvalue weighted by Gasteiger charge is 2.32. The fourth-order valence-electron chi connectivity index (χ4n) is 13.5. The summed E-state index contributed by atoms with van der Waals surface area (Å²) in [5.41, 5.74) is 17.7. The van der Waals surface area contributed by atoms with Crippen LogP contribution in [0.5, 0.6) is 0 Å². The SMILES string of the molecule is CC(C)c1ccc([S+](c2ccc(C(C)C)cc2)c2ccc(C(C)(C)C)cc2)cc1.CC([O-])=NS(=O)(=O)c1ccc(N)cc1.CCCCCCCCS(=O)(=O)[N-]S(=O)(=O)CCCCN(C)C.CCCCCCCCS(=O)(=O)[N-]S(=O)(=O)c1cccc2cccc(N)c12.Cc1ccc([S+](c2ccccc2)c2ccccc2)cc1.O=C=O.c1ccc([S+](c2ccccc2)c2ccccc2)cc1. The predicted octanol–water partition coefficient (Wildman–Crippen LogP) is 24.2. The van der Waals surface area contributed by atoms with Crippen LogP contribution in [0, 0.1) is 6.92 Å². The number of carbonyl (C=O) groups excluding carboxylic acids is 2. The van der Waals surface area contributed by atoms with Crippen molar-refractivity contribution in [2.75, 3.05) is 49.4 Å². The number of benzene rings is 12. The standard InChI is InChI=1S/C28H35S.C19H17S.C18H25N2O4S2.C18H15S.C14H31N2O4S2.C8H10N2O3S.CO2/c1-20(2)22-8-14-25(15-9-22)29(26-16-10-23(11-17-26)21(3)4)27-18-12-24(13-19-27)28(5,6)7;1-16-12-14-19(15-13-16)20(17-8-4-2-5-9-17)18-10-6-3-7-11-18;1-2-3-4-5-6-7-14-25(21,22)20-26(23,24)17-13-9-11-15-10-8-12-16(19)18(15)17;1-4-10-16(11-5-1)19(17-12-6-2-7-13-17)18-14-8-3-9-15-18;1-4-5-6-7-8-10-13-21(17,18)15-22(19,20)14-11-9-12-16(2)3;1-6(11)10-14(12,13)8-4-2-7(9)3-5-8;2-1-3/h8-21H,1-7H3;2-15H,1H3;8-13H,2-7,14,19H2,1H3;1-15H;4-14H2,1-3H3;2-5H,9H2,1H3,(H,10,11);/q2*+1;-1;+1;-1;;/p-1. The van der Waals surface area contributed by atoms with Gasteiger partial charge in [0.2, 0.25) is 0 Å². The van der Waals surface area contributed by atoms with E-state index in [1.165, 1.54) is 96.6 Å². The normalized spacial score (nSPS) is 11.8. The largest absolute Gasteiger partial charge is 0.861 e. The van der Waals surface area contributed by atoms with Crippen molar-refractivity contribution in [2.45, 2.75) is 237 Å². The Morgan fingerprint density at radius 3 is 1.04 bits per heavy atom. The first-order valence-electron chi connectivity index (χ1n) is 44.8. The smallest absolute Gasteiger partial charge is 0.373 e. The van der Waals surface area contributed by atoms with Gasteiger partial charge in [-0.3, -0.25) is 0 Å². The Balaban J connectivity index is 0.000000247. The first-order chi connectivity index (χ1) is 63.2. The third-order valence-electron chi connectivity index (χ3n) is 20.5. The lowest BCUT2D eigenvalue weighted by atomic mass is 9.87.